The standard InChI is InChI=1S/C17H13Cl2N3O2/c18-14-5-4-12(8-15(14)19)22-17(23)11-3-6-16(20-9-11)21-10-13-2-1-7-24-13/h1-9H,10H2,(H,20,21)(H,22,23). The van der Waals surface area contributed by atoms with Crippen molar-refractivity contribution in [3.05, 3.63) is 76.3 Å². The summed E-state index contributed by atoms with van der Waals surface area (Å²) in [7, 11) is 0. The van der Waals surface area contributed by atoms with Crippen LogP contribution in [0.5, 0.6) is 0 Å². The summed E-state index contributed by atoms with van der Waals surface area (Å²) >= 11 is 11.8. The van der Waals surface area contributed by atoms with Gasteiger partial charge in [-0.15, -0.1) is 0 Å². The predicted octanol–water partition coefficient (Wildman–Crippen LogP) is 4.85. The molecular formula is C17H13Cl2N3O2. The van der Waals surface area contributed by atoms with Crippen molar-refractivity contribution in [3.63, 3.8) is 0 Å². The van der Waals surface area contributed by atoms with Crippen LogP contribution in [0.25, 0.3) is 0 Å². The lowest BCUT2D eigenvalue weighted by molar-refractivity contribution is 0.102. The topological polar surface area (TPSA) is 67.2 Å². The molecule has 1 amide bonds. The van der Waals surface area contributed by atoms with Gasteiger partial charge in [-0.05, 0) is 42.5 Å². The number of amides is 1. The van der Waals surface area contributed by atoms with Crippen LogP contribution >= 0.6 is 23.2 Å². The van der Waals surface area contributed by atoms with Crippen LogP contribution in [0.2, 0.25) is 10.0 Å². The average molecular weight is 362 g/mol. The number of nitrogens with one attached hydrogen (secondary N) is 2. The average Bonchev–Trinajstić information content (AvgIpc) is 3.10. The Labute approximate surface area is 148 Å². The first-order valence-corrected chi connectivity index (χ1v) is 7.86. The third kappa shape index (κ3) is 4.07. The minimum absolute atomic E-state index is 0.279. The lowest BCUT2D eigenvalue weighted by Gasteiger charge is -2.07. The monoisotopic (exact) mass is 361 g/mol. The quantitative estimate of drug-likeness (QED) is 0.681. The van der Waals surface area contributed by atoms with Gasteiger partial charge in [-0.2, -0.15) is 0 Å². The number of hydrogen-bond donors (Lipinski definition) is 2. The summed E-state index contributed by atoms with van der Waals surface area (Å²) in [6.45, 7) is 0.523. The number of rotatable bonds is 5. The van der Waals surface area contributed by atoms with Crippen molar-refractivity contribution in [2.45, 2.75) is 6.54 Å². The number of furan rings is 1. The second kappa shape index (κ2) is 7.38. The van der Waals surface area contributed by atoms with Gasteiger partial charge in [-0.3, -0.25) is 4.79 Å². The predicted molar refractivity (Wildman–Crippen MR) is 94.7 cm³/mol. The van der Waals surface area contributed by atoms with E-state index in [-0.39, 0.29) is 5.91 Å². The second-order valence-electron chi connectivity index (χ2n) is 4.95. The highest BCUT2D eigenvalue weighted by Crippen LogP contribution is 2.25. The summed E-state index contributed by atoms with van der Waals surface area (Å²) in [5.74, 6) is 1.18. The van der Waals surface area contributed by atoms with Crippen LogP contribution in [0.3, 0.4) is 0 Å². The van der Waals surface area contributed by atoms with Gasteiger partial charge < -0.3 is 15.1 Å². The largest absolute Gasteiger partial charge is 0.467 e. The van der Waals surface area contributed by atoms with E-state index in [0.29, 0.717) is 33.7 Å². The number of hydrogen-bond acceptors (Lipinski definition) is 4. The van der Waals surface area contributed by atoms with Crippen LogP contribution < -0.4 is 10.6 Å². The molecule has 24 heavy (non-hydrogen) atoms. The number of aromatic nitrogens is 1. The van der Waals surface area contributed by atoms with Gasteiger partial charge in [-0.1, -0.05) is 23.2 Å². The maximum Gasteiger partial charge on any atom is 0.257 e. The molecule has 0 fully saturated rings. The molecule has 0 saturated carbocycles. The summed E-state index contributed by atoms with van der Waals surface area (Å²) in [5, 5.41) is 6.66. The molecule has 0 bridgehead atoms. The number of halogens is 2. The highest BCUT2D eigenvalue weighted by atomic mass is 35.5. The molecule has 2 heterocycles. The molecule has 0 radical (unpaired) electrons. The van der Waals surface area contributed by atoms with E-state index in [1.807, 2.05) is 12.1 Å². The Morgan fingerprint density at radius 3 is 2.67 bits per heavy atom. The molecule has 2 aromatic heterocycles. The van der Waals surface area contributed by atoms with E-state index in [1.165, 1.54) is 6.20 Å². The van der Waals surface area contributed by atoms with Gasteiger partial charge in [0.1, 0.15) is 11.6 Å². The first-order valence-electron chi connectivity index (χ1n) is 7.10. The summed E-state index contributed by atoms with van der Waals surface area (Å²) in [6.07, 6.45) is 3.11. The summed E-state index contributed by atoms with van der Waals surface area (Å²) < 4.78 is 5.23. The van der Waals surface area contributed by atoms with Gasteiger partial charge in [-0.25, -0.2) is 4.98 Å². The number of carbonyl (C=O) groups excluding carboxylic acids is 1. The third-order valence-corrected chi connectivity index (χ3v) is 3.97. The number of anilines is 2. The van der Waals surface area contributed by atoms with Crippen molar-refractivity contribution >= 4 is 40.6 Å². The van der Waals surface area contributed by atoms with Crippen LogP contribution in [0.1, 0.15) is 16.1 Å². The van der Waals surface area contributed by atoms with E-state index in [9.17, 15) is 4.79 Å². The van der Waals surface area contributed by atoms with E-state index in [4.69, 9.17) is 27.6 Å². The van der Waals surface area contributed by atoms with Crippen LogP contribution in [0.15, 0.2) is 59.3 Å². The van der Waals surface area contributed by atoms with Gasteiger partial charge in [0.05, 0.1) is 28.4 Å². The van der Waals surface area contributed by atoms with Crippen molar-refractivity contribution in [2.75, 3.05) is 10.6 Å². The zero-order chi connectivity index (χ0) is 16.9. The SMILES string of the molecule is O=C(Nc1ccc(Cl)c(Cl)c1)c1ccc(NCc2ccco2)nc1. The normalized spacial score (nSPS) is 10.4. The third-order valence-electron chi connectivity index (χ3n) is 3.23. The highest BCUT2D eigenvalue weighted by molar-refractivity contribution is 6.42. The first-order chi connectivity index (χ1) is 11.6. The molecule has 122 valence electrons. The van der Waals surface area contributed by atoms with Crippen molar-refractivity contribution in [3.8, 4) is 0 Å². The molecule has 0 aliphatic rings. The zero-order valence-electron chi connectivity index (χ0n) is 12.4. The number of nitrogens with zero attached hydrogens (tertiary/aromatic N) is 1. The van der Waals surface area contributed by atoms with E-state index in [2.05, 4.69) is 15.6 Å². The fraction of sp³-hybridized carbons (Fsp3) is 0.0588. The van der Waals surface area contributed by atoms with Crippen LogP contribution in [0.4, 0.5) is 11.5 Å². The maximum atomic E-state index is 12.2. The molecule has 0 spiro atoms. The molecule has 7 heteroatoms. The second-order valence-corrected chi connectivity index (χ2v) is 5.76. The van der Waals surface area contributed by atoms with Crippen molar-refractivity contribution in [1.29, 1.82) is 0 Å². The Hall–Kier alpha value is -2.50. The molecule has 0 atom stereocenters. The molecule has 2 N–H and O–H groups in total. The number of benzene rings is 1. The molecule has 0 saturated heterocycles. The van der Waals surface area contributed by atoms with Crippen LogP contribution in [-0.2, 0) is 6.54 Å². The van der Waals surface area contributed by atoms with Crippen molar-refractivity contribution in [1.82, 2.24) is 4.98 Å². The lowest BCUT2D eigenvalue weighted by Crippen LogP contribution is -2.12. The summed E-state index contributed by atoms with van der Waals surface area (Å²) in [6, 6.07) is 12.0. The molecule has 5 nitrogen and oxygen atoms in total. The first kappa shape index (κ1) is 16.4. The van der Waals surface area contributed by atoms with Gasteiger partial charge in [0, 0.05) is 11.9 Å². The van der Waals surface area contributed by atoms with Gasteiger partial charge in [0.2, 0.25) is 0 Å². The van der Waals surface area contributed by atoms with Crippen molar-refractivity contribution < 1.29 is 9.21 Å². The Balaban J connectivity index is 1.61. The molecule has 3 aromatic rings. The van der Waals surface area contributed by atoms with Crippen molar-refractivity contribution in [2.24, 2.45) is 0 Å². The molecule has 0 aliphatic heterocycles. The molecular weight excluding hydrogens is 349 g/mol. The molecule has 0 aliphatic carbocycles. The minimum atomic E-state index is -0.279. The van der Waals surface area contributed by atoms with Gasteiger partial charge in [0.25, 0.3) is 5.91 Å². The van der Waals surface area contributed by atoms with E-state index >= 15 is 0 Å². The van der Waals surface area contributed by atoms with Crippen LogP contribution in [-0.4, -0.2) is 10.9 Å². The number of pyridine rings is 1. The summed E-state index contributed by atoms with van der Waals surface area (Å²) in [4.78, 5) is 16.4. The Morgan fingerprint density at radius 1 is 1.12 bits per heavy atom. The Kier molecular flexibility index (Phi) is 5.03. The number of carbonyl (C=O) groups is 1. The van der Waals surface area contributed by atoms with E-state index in [0.717, 1.165) is 5.76 Å². The minimum Gasteiger partial charge on any atom is -0.467 e. The van der Waals surface area contributed by atoms with Gasteiger partial charge in [0.15, 0.2) is 0 Å². The smallest absolute Gasteiger partial charge is 0.257 e. The molecule has 0 unspecified atom stereocenters. The lowest BCUT2D eigenvalue weighted by atomic mass is 10.2. The molecule has 1 aromatic carbocycles. The molecule has 3 rings (SSSR count). The fourth-order valence-corrected chi connectivity index (χ4v) is 2.30. The van der Waals surface area contributed by atoms with E-state index in [1.54, 1.807) is 36.6 Å². The fourth-order valence-electron chi connectivity index (χ4n) is 2.00. The van der Waals surface area contributed by atoms with E-state index < -0.39 is 0 Å². The van der Waals surface area contributed by atoms with Crippen LogP contribution in [0, 0.1) is 0 Å². The Morgan fingerprint density at radius 2 is 2.00 bits per heavy atom. The highest BCUT2D eigenvalue weighted by Gasteiger charge is 2.08. The maximum absolute atomic E-state index is 12.2. The summed E-state index contributed by atoms with van der Waals surface area (Å²) in [5.41, 5.74) is 0.999. The zero-order valence-corrected chi connectivity index (χ0v) is 13.9. The van der Waals surface area contributed by atoms with Gasteiger partial charge >= 0.3 is 0 Å². The Bertz CT molecular complexity index is 834.